The standard InChI is InChI=1S/C16H23N3O3.ClH/c1-12(20)19(2)14-5-3-4-13(10-14)18-15(21)16(11-17)6-8-22-9-7-16;/h3-5,10H,6-9,11,17H2,1-2H3,(H,18,21);1H. The quantitative estimate of drug-likeness (QED) is 0.874. The molecule has 7 heteroatoms. The van der Waals surface area contributed by atoms with Crippen LogP contribution in [-0.2, 0) is 14.3 Å². The van der Waals surface area contributed by atoms with Crippen LogP contribution in [0, 0.1) is 5.41 Å². The molecule has 1 fully saturated rings. The average molecular weight is 342 g/mol. The van der Waals surface area contributed by atoms with Gasteiger partial charge in [-0.15, -0.1) is 12.4 Å². The normalized spacial score (nSPS) is 16.1. The smallest absolute Gasteiger partial charge is 0.232 e. The first-order valence-corrected chi connectivity index (χ1v) is 7.42. The van der Waals surface area contributed by atoms with Crippen LogP contribution in [0.2, 0.25) is 0 Å². The molecule has 2 amide bonds. The number of hydrogen-bond acceptors (Lipinski definition) is 4. The lowest BCUT2D eigenvalue weighted by atomic mass is 9.79. The second-order valence-electron chi connectivity index (χ2n) is 5.68. The van der Waals surface area contributed by atoms with Crippen molar-refractivity contribution < 1.29 is 14.3 Å². The monoisotopic (exact) mass is 341 g/mol. The van der Waals surface area contributed by atoms with Gasteiger partial charge in [-0.2, -0.15) is 0 Å². The fourth-order valence-electron chi connectivity index (χ4n) is 2.52. The number of anilines is 2. The SMILES string of the molecule is CC(=O)N(C)c1cccc(NC(=O)C2(CN)CCOCC2)c1.Cl. The van der Waals surface area contributed by atoms with Crippen molar-refractivity contribution in [1.82, 2.24) is 0 Å². The van der Waals surface area contributed by atoms with Crippen molar-refractivity contribution >= 4 is 35.6 Å². The third kappa shape index (κ3) is 4.43. The maximum atomic E-state index is 12.6. The highest BCUT2D eigenvalue weighted by atomic mass is 35.5. The molecule has 23 heavy (non-hydrogen) atoms. The van der Waals surface area contributed by atoms with E-state index in [2.05, 4.69) is 5.32 Å². The number of halogens is 1. The number of benzene rings is 1. The summed E-state index contributed by atoms with van der Waals surface area (Å²) in [6, 6.07) is 7.22. The lowest BCUT2D eigenvalue weighted by Crippen LogP contribution is -2.46. The van der Waals surface area contributed by atoms with Gasteiger partial charge in [0.15, 0.2) is 0 Å². The van der Waals surface area contributed by atoms with E-state index >= 15 is 0 Å². The van der Waals surface area contributed by atoms with Crippen LogP contribution in [-0.4, -0.2) is 38.6 Å². The Bertz CT molecular complexity index is 559. The number of nitrogens with one attached hydrogen (secondary N) is 1. The van der Waals surface area contributed by atoms with Gasteiger partial charge < -0.3 is 20.7 Å². The summed E-state index contributed by atoms with van der Waals surface area (Å²) >= 11 is 0. The summed E-state index contributed by atoms with van der Waals surface area (Å²) in [6.07, 6.45) is 1.25. The van der Waals surface area contributed by atoms with E-state index < -0.39 is 5.41 Å². The summed E-state index contributed by atoms with van der Waals surface area (Å²) in [7, 11) is 1.70. The molecule has 1 aromatic rings. The van der Waals surface area contributed by atoms with Crippen molar-refractivity contribution in [2.75, 3.05) is 37.0 Å². The molecule has 0 spiro atoms. The minimum Gasteiger partial charge on any atom is -0.381 e. The van der Waals surface area contributed by atoms with E-state index in [1.165, 1.54) is 11.8 Å². The molecule has 0 unspecified atom stereocenters. The summed E-state index contributed by atoms with van der Waals surface area (Å²) in [5.41, 5.74) is 6.67. The van der Waals surface area contributed by atoms with Crippen molar-refractivity contribution in [1.29, 1.82) is 0 Å². The molecule has 0 aliphatic carbocycles. The third-order valence-electron chi connectivity index (χ3n) is 4.29. The van der Waals surface area contributed by atoms with Crippen LogP contribution in [0.3, 0.4) is 0 Å². The van der Waals surface area contributed by atoms with E-state index in [0.717, 1.165) is 5.69 Å². The Morgan fingerprint density at radius 2 is 2.00 bits per heavy atom. The summed E-state index contributed by atoms with van der Waals surface area (Å²) in [4.78, 5) is 25.6. The van der Waals surface area contributed by atoms with Crippen molar-refractivity contribution in [2.45, 2.75) is 19.8 Å². The van der Waals surface area contributed by atoms with Crippen LogP contribution in [0.5, 0.6) is 0 Å². The zero-order chi connectivity index (χ0) is 16.2. The van der Waals surface area contributed by atoms with Gasteiger partial charge in [-0.05, 0) is 31.0 Å². The highest BCUT2D eigenvalue weighted by Gasteiger charge is 2.38. The molecule has 1 aromatic carbocycles. The lowest BCUT2D eigenvalue weighted by molar-refractivity contribution is -0.130. The molecule has 128 valence electrons. The number of carbonyl (C=O) groups excluding carboxylic acids is 2. The second-order valence-corrected chi connectivity index (χ2v) is 5.68. The molecule has 2 rings (SSSR count). The number of carbonyl (C=O) groups is 2. The molecule has 1 aliphatic rings. The molecule has 3 N–H and O–H groups in total. The van der Waals surface area contributed by atoms with Gasteiger partial charge in [-0.1, -0.05) is 6.07 Å². The Kier molecular flexibility index (Phi) is 7.00. The molecule has 1 aliphatic heterocycles. The number of ether oxygens (including phenoxy) is 1. The number of nitrogens with two attached hydrogens (primary N) is 1. The number of amides is 2. The van der Waals surface area contributed by atoms with Crippen LogP contribution in [0.25, 0.3) is 0 Å². The van der Waals surface area contributed by atoms with Crippen molar-refractivity contribution in [2.24, 2.45) is 11.1 Å². The zero-order valence-corrected chi connectivity index (χ0v) is 14.3. The number of nitrogens with zero attached hydrogens (tertiary/aromatic N) is 1. The van der Waals surface area contributed by atoms with Gasteiger partial charge >= 0.3 is 0 Å². The molecule has 0 atom stereocenters. The molecule has 0 bridgehead atoms. The fourth-order valence-corrected chi connectivity index (χ4v) is 2.52. The van der Waals surface area contributed by atoms with E-state index in [1.807, 2.05) is 12.1 Å². The van der Waals surface area contributed by atoms with E-state index in [0.29, 0.717) is 38.3 Å². The van der Waals surface area contributed by atoms with Crippen LogP contribution >= 0.6 is 12.4 Å². The molecule has 6 nitrogen and oxygen atoms in total. The molecule has 1 saturated heterocycles. The zero-order valence-electron chi connectivity index (χ0n) is 13.5. The lowest BCUT2D eigenvalue weighted by Gasteiger charge is -2.34. The number of rotatable bonds is 4. The first kappa shape index (κ1) is 19.4. The van der Waals surface area contributed by atoms with Gasteiger partial charge in [-0.3, -0.25) is 9.59 Å². The third-order valence-corrected chi connectivity index (χ3v) is 4.29. The molecule has 1 heterocycles. The van der Waals surface area contributed by atoms with Gasteiger partial charge in [0.2, 0.25) is 11.8 Å². The predicted molar refractivity (Wildman–Crippen MR) is 92.9 cm³/mol. The van der Waals surface area contributed by atoms with E-state index in [9.17, 15) is 9.59 Å². The Morgan fingerprint density at radius 3 is 2.57 bits per heavy atom. The van der Waals surface area contributed by atoms with Crippen LogP contribution in [0.15, 0.2) is 24.3 Å². The topological polar surface area (TPSA) is 84.7 Å². The fraction of sp³-hybridized carbons (Fsp3) is 0.500. The van der Waals surface area contributed by atoms with Crippen LogP contribution in [0.1, 0.15) is 19.8 Å². The Morgan fingerprint density at radius 1 is 1.35 bits per heavy atom. The summed E-state index contributed by atoms with van der Waals surface area (Å²) in [6.45, 7) is 2.90. The molecule has 0 radical (unpaired) electrons. The largest absolute Gasteiger partial charge is 0.381 e. The van der Waals surface area contributed by atoms with E-state index in [1.54, 1.807) is 19.2 Å². The first-order chi connectivity index (χ1) is 10.5. The van der Waals surface area contributed by atoms with Crippen molar-refractivity contribution in [3.8, 4) is 0 Å². The maximum Gasteiger partial charge on any atom is 0.232 e. The summed E-state index contributed by atoms with van der Waals surface area (Å²) < 4.78 is 5.32. The van der Waals surface area contributed by atoms with Gasteiger partial charge in [-0.25, -0.2) is 0 Å². The summed E-state index contributed by atoms with van der Waals surface area (Å²) in [5.74, 6) is -0.146. The van der Waals surface area contributed by atoms with Gasteiger partial charge in [0.1, 0.15) is 0 Å². The van der Waals surface area contributed by atoms with E-state index in [-0.39, 0.29) is 24.2 Å². The Labute approximate surface area is 142 Å². The van der Waals surface area contributed by atoms with Gasteiger partial charge in [0.25, 0.3) is 0 Å². The average Bonchev–Trinajstić information content (AvgIpc) is 2.54. The molecule has 0 aromatic heterocycles. The second kappa shape index (κ2) is 8.29. The predicted octanol–water partition coefficient (Wildman–Crippen LogP) is 1.79. The highest BCUT2D eigenvalue weighted by Crippen LogP contribution is 2.31. The Balaban J connectivity index is 0.00000264. The maximum absolute atomic E-state index is 12.6. The molecule has 0 saturated carbocycles. The minimum atomic E-state index is -0.569. The van der Waals surface area contributed by atoms with Crippen LogP contribution in [0.4, 0.5) is 11.4 Å². The Hall–Kier alpha value is -1.63. The van der Waals surface area contributed by atoms with E-state index in [4.69, 9.17) is 10.5 Å². The minimum absolute atomic E-state index is 0. The highest BCUT2D eigenvalue weighted by molar-refractivity contribution is 5.97. The van der Waals surface area contributed by atoms with Gasteiger partial charge in [0, 0.05) is 45.1 Å². The van der Waals surface area contributed by atoms with Crippen LogP contribution < -0.4 is 16.0 Å². The molecular weight excluding hydrogens is 318 g/mol. The first-order valence-electron chi connectivity index (χ1n) is 7.42. The van der Waals surface area contributed by atoms with Gasteiger partial charge in [0.05, 0.1) is 5.41 Å². The summed E-state index contributed by atoms with van der Waals surface area (Å²) in [5, 5.41) is 2.93. The molecular formula is C16H24ClN3O3. The van der Waals surface area contributed by atoms with Crippen molar-refractivity contribution in [3.63, 3.8) is 0 Å². The van der Waals surface area contributed by atoms with Crippen molar-refractivity contribution in [3.05, 3.63) is 24.3 Å². The number of hydrogen-bond donors (Lipinski definition) is 2.